The lowest BCUT2D eigenvalue weighted by Crippen LogP contribution is -2.18. The minimum atomic E-state index is 0.552. The molecule has 0 radical (unpaired) electrons. The molecule has 0 aliphatic heterocycles. The van der Waals surface area contributed by atoms with Crippen LogP contribution < -0.4 is 5.32 Å². The number of hydrogen-bond donors (Lipinski definition) is 1. The van der Waals surface area contributed by atoms with Crippen LogP contribution in [0.4, 0.5) is 5.82 Å². The predicted molar refractivity (Wildman–Crippen MR) is 67.5 cm³/mol. The van der Waals surface area contributed by atoms with Gasteiger partial charge in [0.25, 0.3) is 0 Å². The van der Waals surface area contributed by atoms with Gasteiger partial charge in [-0.1, -0.05) is 25.7 Å². The van der Waals surface area contributed by atoms with Crippen molar-refractivity contribution in [3.8, 4) is 0 Å². The van der Waals surface area contributed by atoms with Gasteiger partial charge in [-0.3, -0.25) is 4.68 Å². The number of nitrogens with zero attached hydrogens (tertiary/aromatic N) is 2. The number of aryl methyl sites for hydroxylation is 1. The van der Waals surface area contributed by atoms with Crippen LogP contribution in [0, 0.1) is 5.92 Å². The highest BCUT2D eigenvalue weighted by atomic mass is 15.3. The first kappa shape index (κ1) is 11.5. The van der Waals surface area contributed by atoms with E-state index in [4.69, 9.17) is 0 Å². The highest BCUT2D eigenvalue weighted by molar-refractivity contribution is 5.34. The molecule has 1 saturated carbocycles. The zero-order valence-electron chi connectivity index (χ0n) is 10.4. The van der Waals surface area contributed by atoms with Gasteiger partial charge in [-0.2, -0.15) is 5.10 Å². The lowest BCUT2D eigenvalue weighted by molar-refractivity contribution is 0.466. The first-order valence-electron chi connectivity index (χ1n) is 6.50. The van der Waals surface area contributed by atoms with E-state index in [1.54, 1.807) is 0 Å². The van der Waals surface area contributed by atoms with E-state index in [2.05, 4.69) is 17.3 Å². The smallest absolute Gasteiger partial charge is 0.124 e. The molecule has 0 spiro atoms. The highest BCUT2D eigenvalue weighted by Crippen LogP contribution is 2.29. The number of nitrogens with one attached hydrogen (secondary N) is 1. The molecule has 0 saturated heterocycles. The summed E-state index contributed by atoms with van der Waals surface area (Å²) in [6.45, 7) is 2.27. The predicted octanol–water partition coefficient (Wildman–Crippen LogP) is 3.19. The van der Waals surface area contributed by atoms with Crippen LogP contribution in [0.25, 0.3) is 0 Å². The van der Waals surface area contributed by atoms with Gasteiger partial charge in [0.05, 0.1) is 6.20 Å². The van der Waals surface area contributed by atoms with Gasteiger partial charge in [-0.25, -0.2) is 0 Å². The van der Waals surface area contributed by atoms with Crippen molar-refractivity contribution >= 4 is 5.82 Å². The normalized spacial score (nSPS) is 18.9. The number of rotatable bonds is 5. The Balaban J connectivity index is 1.71. The fraction of sp³-hybridized carbons (Fsp3) is 0.769. The summed E-state index contributed by atoms with van der Waals surface area (Å²) in [4.78, 5) is 0. The molecule has 2 rings (SSSR count). The summed E-state index contributed by atoms with van der Waals surface area (Å²) < 4.78 is 1.89. The van der Waals surface area contributed by atoms with Gasteiger partial charge in [-0.05, 0) is 25.7 Å². The lowest BCUT2D eigenvalue weighted by Gasteiger charge is -2.17. The lowest BCUT2D eigenvalue weighted by atomic mass is 9.99. The summed E-state index contributed by atoms with van der Waals surface area (Å²) in [6.07, 6.45) is 10.3. The van der Waals surface area contributed by atoms with Crippen LogP contribution in [0.15, 0.2) is 12.3 Å². The monoisotopic (exact) mass is 221 g/mol. The Morgan fingerprint density at radius 2 is 2.25 bits per heavy atom. The molecule has 3 nitrogen and oxygen atoms in total. The Hall–Kier alpha value is -0.990. The van der Waals surface area contributed by atoms with E-state index in [0.717, 1.165) is 11.7 Å². The topological polar surface area (TPSA) is 29.9 Å². The standard InChI is InChI=1S/C13H23N3/c1-11(7-8-12-5-3-4-6-12)15-13-9-10-14-16(13)2/h9-12,15H,3-8H2,1-2H3. The molecule has 90 valence electrons. The molecule has 0 aromatic carbocycles. The maximum absolute atomic E-state index is 4.16. The maximum Gasteiger partial charge on any atom is 0.124 e. The zero-order valence-corrected chi connectivity index (χ0v) is 10.4. The highest BCUT2D eigenvalue weighted by Gasteiger charge is 2.15. The molecule has 16 heavy (non-hydrogen) atoms. The molecule has 1 aromatic rings. The van der Waals surface area contributed by atoms with Crippen molar-refractivity contribution in [3.05, 3.63) is 12.3 Å². The van der Waals surface area contributed by atoms with Crippen LogP contribution in [0.1, 0.15) is 45.4 Å². The van der Waals surface area contributed by atoms with Crippen molar-refractivity contribution in [3.63, 3.8) is 0 Å². The molecule has 1 aromatic heterocycles. The van der Waals surface area contributed by atoms with Crippen molar-refractivity contribution in [1.29, 1.82) is 0 Å². The molecule has 1 heterocycles. The van der Waals surface area contributed by atoms with Crippen LogP contribution in [-0.4, -0.2) is 15.8 Å². The molecule has 0 amide bonds. The van der Waals surface area contributed by atoms with Gasteiger partial charge >= 0.3 is 0 Å². The fourth-order valence-electron chi connectivity index (χ4n) is 2.62. The fourth-order valence-corrected chi connectivity index (χ4v) is 2.62. The third-order valence-corrected chi connectivity index (χ3v) is 3.70. The summed E-state index contributed by atoms with van der Waals surface area (Å²) in [5.41, 5.74) is 0. The van der Waals surface area contributed by atoms with Crippen LogP contribution >= 0.6 is 0 Å². The van der Waals surface area contributed by atoms with Crippen molar-refractivity contribution in [2.24, 2.45) is 13.0 Å². The van der Waals surface area contributed by atoms with Crippen molar-refractivity contribution < 1.29 is 0 Å². The van der Waals surface area contributed by atoms with E-state index < -0.39 is 0 Å². The molecule has 1 aliphatic rings. The third-order valence-electron chi connectivity index (χ3n) is 3.70. The second kappa shape index (κ2) is 5.37. The van der Waals surface area contributed by atoms with Gasteiger partial charge in [0.1, 0.15) is 5.82 Å². The molecule has 1 N–H and O–H groups in total. The SMILES string of the molecule is CC(CCC1CCCC1)Nc1ccnn1C. The summed E-state index contributed by atoms with van der Waals surface area (Å²) in [5.74, 6) is 2.12. The minimum absolute atomic E-state index is 0.552. The van der Waals surface area contributed by atoms with Gasteiger partial charge in [0, 0.05) is 19.2 Å². The average molecular weight is 221 g/mol. The molecule has 0 bridgehead atoms. The van der Waals surface area contributed by atoms with Gasteiger partial charge in [-0.15, -0.1) is 0 Å². The summed E-state index contributed by atoms with van der Waals surface area (Å²) in [6, 6.07) is 2.59. The van der Waals surface area contributed by atoms with Crippen LogP contribution in [0.5, 0.6) is 0 Å². The molecule has 1 fully saturated rings. The van der Waals surface area contributed by atoms with E-state index in [0.29, 0.717) is 6.04 Å². The van der Waals surface area contributed by atoms with Crippen molar-refractivity contribution in [2.45, 2.75) is 51.5 Å². The molecule has 1 unspecified atom stereocenters. The van der Waals surface area contributed by atoms with Gasteiger partial charge < -0.3 is 5.32 Å². The number of aromatic nitrogens is 2. The van der Waals surface area contributed by atoms with E-state index in [-0.39, 0.29) is 0 Å². The Kier molecular flexibility index (Phi) is 3.86. The largest absolute Gasteiger partial charge is 0.368 e. The molecule has 3 heteroatoms. The third kappa shape index (κ3) is 3.00. The van der Waals surface area contributed by atoms with E-state index in [1.165, 1.54) is 38.5 Å². The molecule has 1 atom stereocenters. The van der Waals surface area contributed by atoms with Gasteiger partial charge in [0.15, 0.2) is 0 Å². The minimum Gasteiger partial charge on any atom is -0.368 e. The summed E-state index contributed by atoms with van der Waals surface area (Å²) >= 11 is 0. The Labute approximate surface area is 98.2 Å². The molecular weight excluding hydrogens is 198 g/mol. The molecular formula is C13H23N3. The summed E-state index contributed by atoms with van der Waals surface area (Å²) in [5, 5.41) is 7.68. The van der Waals surface area contributed by atoms with Gasteiger partial charge in [0.2, 0.25) is 0 Å². The Morgan fingerprint density at radius 3 is 2.88 bits per heavy atom. The maximum atomic E-state index is 4.16. The van der Waals surface area contributed by atoms with E-state index in [1.807, 2.05) is 24.0 Å². The van der Waals surface area contributed by atoms with E-state index >= 15 is 0 Å². The first-order valence-corrected chi connectivity index (χ1v) is 6.50. The quantitative estimate of drug-likeness (QED) is 0.827. The van der Waals surface area contributed by atoms with Crippen LogP contribution in [-0.2, 0) is 7.05 Å². The van der Waals surface area contributed by atoms with Crippen molar-refractivity contribution in [2.75, 3.05) is 5.32 Å². The number of hydrogen-bond acceptors (Lipinski definition) is 2. The Bertz CT molecular complexity index is 313. The number of anilines is 1. The second-order valence-corrected chi connectivity index (χ2v) is 5.11. The Morgan fingerprint density at radius 1 is 1.50 bits per heavy atom. The average Bonchev–Trinajstić information content (AvgIpc) is 2.88. The van der Waals surface area contributed by atoms with Crippen molar-refractivity contribution in [1.82, 2.24) is 9.78 Å². The summed E-state index contributed by atoms with van der Waals surface area (Å²) in [7, 11) is 1.98. The van der Waals surface area contributed by atoms with Crippen LogP contribution in [0.2, 0.25) is 0 Å². The zero-order chi connectivity index (χ0) is 11.4. The van der Waals surface area contributed by atoms with Crippen LogP contribution in [0.3, 0.4) is 0 Å². The second-order valence-electron chi connectivity index (χ2n) is 5.11. The van der Waals surface area contributed by atoms with E-state index in [9.17, 15) is 0 Å². The first-order chi connectivity index (χ1) is 7.75. The molecule has 1 aliphatic carbocycles.